The van der Waals surface area contributed by atoms with E-state index >= 15 is 0 Å². The van der Waals surface area contributed by atoms with Crippen molar-refractivity contribution in [2.24, 2.45) is 4.99 Å². The highest BCUT2D eigenvalue weighted by atomic mass is 32.1. The zero-order valence-corrected chi connectivity index (χ0v) is 16.0. The summed E-state index contributed by atoms with van der Waals surface area (Å²) >= 11 is 1.80. The number of nitrogens with zero attached hydrogens (tertiary/aromatic N) is 2. The molecular formula is C19H28N4O2S. The topological polar surface area (TPSA) is 62.0 Å². The fourth-order valence-corrected chi connectivity index (χ4v) is 3.53. The molecule has 7 heteroatoms. The predicted molar refractivity (Wildman–Crippen MR) is 106 cm³/mol. The van der Waals surface area contributed by atoms with E-state index in [1.165, 1.54) is 4.88 Å². The Kier molecular flexibility index (Phi) is 8.02. The molecule has 0 bridgehead atoms. The van der Waals surface area contributed by atoms with E-state index in [1.807, 2.05) is 12.1 Å². The molecule has 0 amide bonds. The molecule has 0 saturated carbocycles. The van der Waals surface area contributed by atoms with Crippen LogP contribution < -0.4 is 10.6 Å². The van der Waals surface area contributed by atoms with Crippen molar-refractivity contribution in [2.75, 3.05) is 52.5 Å². The number of guanidine groups is 1. The molecule has 2 aromatic heterocycles. The van der Waals surface area contributed by atoms with Crippen LogP contribution in [0, 0.1) is 0 Å². The van der Waals surface area contributed by atoms with Crippen molar-refractivity contribution in [2.45, 2.75) is 12.8 Å². The highest BCUT2D eigenvalue weighted by molar-refractivity contribution is 7.09. The summed E-state index contributed by atoms with van der Waals surface area (Å²) < 4.78 is 10.8. The summed E-state index contributed by atoms with van der Waals surface area (Å²) in [7, 11) is 0. The molecule has 1 saturated heterocycles. The Labute approximate surface area is 159 Å². The quantitative estimate of drug-likeness (QED) is 0.518. The summed E-state index contributed by atoms with van der Waals surface area (Å²) in [6.07, 6.45) is 3.58. The van der Waals surface area contributed by atoms with Crippen molar-refractivity contribution in [3.05, 3.63) is 46.5 Å². The van der Waals surface area contributed by atoms with Crippen molar-refractivity contribution in [1.29, 1.82) is 0 Å². The van der Waals surface area contributed by atoms with E-state index in [4.69, 9.17) is 14.1 Å². The Morgan fingerprint density at radius 2 is 1.96 bits per heavy atom. The zero-order valence-electron chi connectivity index (χ0n) is 15.2. The van der Waals surface area contributed by atoms with Gasteiger partial charge in [-0.3, -0.25) is 9.89 Å². The van der Waals surface area contributed by atoms with Crippen LogP contribution in [0.3, 0.4) is 0 Å². The highest BCUT2D eigenvalue weighted by Crippen LogP contribution is 2.08. The van der Waals surface area contributed by atoms with E-state index in [1.54, 1.807) is 17.6 Å². The number of rotatable bonds is 9. The third-order valence-electron chi connectivity index (χ3n) is 4.28. The maximum Gasteiger partial charge on any atom is 0.191 e. The summed E-state index contributed by atoms with van der Waals surface area (Å²) in [6.45, 7) is 7.11. The van der Waals surface area contributed by atoms with Crippen molar-refractivity contribution < 1.29 is 9.15 Å². The molecule has 142 valence electrons. The Morgan fingerprint density at radius 3 is 2.69 bits per heavy atom. The van der Waals surface area contributed by atoms with Gasteiger partial charge < -0.3 is 19.8 Å². The number of hydrogen-bond acceptors (Lipinski definition) is 5. The lowest BCUT2D eigenvalue weighted by atomic mass is 10.3. The number of morpholine rings is 1. The van der Waals surface area contributed by atoms with E-state index in [9.17, 15) is 0 Å². The first kappa shape index (κ1) is 18.9. The number of hydrogen-bond donors (Lipinski definition) is 2. The molecule has 1 aliphatic heterocycles. The van der Waals surface area contributed by atoms with Gasteiger partial charge in [0.1, 0.15) is 5.76 Å². The van der Waals surface area contributed by atoms with Crippen LogP contribution in [-0.4, -0.2) is 63.3 Å². The maximum absolute atomic E-state index is 5.39. The molecule has 2 N–H and O–H groups in total. The molecule has 0 spiro atoms. The highest BCUT2D eigenvalue weighted by Gasteiger charge is 2.09. The van der Waals surface area contributed by atoms with Crippen LogP contribution in [0.1, 0.15) is 10.6 Å². The second kappa shape index (κ2) is 11.0. The van der Waals surface area contributed by atoms with E-state index in [0.29, 0.717) is 0 Å². The molecule has 1 aliphatic rings. The van der Waals surface area contributed by atoms with E-state index in [0.717, 1.165) is 77.0 Å². The number of aliphatic imine (C=N–C) groups is 1. The minimum atomic E-state index is 0.787. The van der Waals surface area contributed by atoms with Gasteiger partial charge in [-0.25, -0.2) is 0 Å². The van der Waals surface area contributed by atoms with Gasteiger partial charge in [-0.15, -0.1) is 11.3 Å². The fraction of sp³-hybridized carbons (Fsp3) is 0.526. The number of thiophene rings is 1. The summed E-state index contributed by atoms with van der Waals surface area (Å²) in [5, 5.41) is 8.98. The Balaban J connectivity index is 1.43. The van der Waals surface area contributed by atoms with Gasteiger partial charge in [0, 0.05) is 44.0 Å². The van der Waals surface area contributed by atoms with Crippen LogP contribution in [0.15, 0.2) is 45.3 Å². The van der Waals surface area contributed by atoms with Crippen LogP contribution in [0.4, 0.5) is 0 Å². The van der Waals surface area contributed by atoms with Crippen molar-refractivity contribution in [3.63, 3.8) is 0 Å². The average Bonchev–Trinajstić information content (AvgIpc) is 3.36. The van der Waals surface area contributed by atoms with Gasteiger partial charge >= 0.3 is 0 Å². The van der Waals surface area contributed by atoms with Crippen molar-refractivity contribution >= 4 is 17.3 Å². The predicted octanol–water partition coefficient (Wildman–Crippen LogP) is 1.99. The Bertz CT molecular complexity index is 580. The number of ether oxygens (including phenoxy) is 1. The smallest absolute Gasteiger partial charge is 0.191 e. The van der Waals surface area contributed by atoms with Gasteiger partial charge in [-0.2, -0.15) is 0 Å². The summed E-state index contributed by atoms with van der Waals surface area (Å²) in [5.74, 6) is 1.87. The minimum Gasteiger partial charge on any atom is -0.469 e. The zero-order chi connectivity index (χ0) is 17.9. The van der Waals surface area contributed by atoms with E-state index < -0.39 is 0 Å². The van der Waals surface area contributed by atoms with Crippen molar-refractivity contribution in [1.82, 2.24) is 15.5 Å². The lowest BCUT2D eigenvalue weighted by Crippen LogP contribution is -2.41. The third-order valence-corrected chi connectivity index (χ3v) is 5.21. The molecule has 0 aromatic carbocycles. The lowest BCUT2D eigenvalue weighted by Gasteiger charge is -2.25. The van der Waals surface area contributed by atoms with E-state index in [-0.39, 0.29) is 0 Å². The Morgan fingerprint density at radius 1 is 1.12 bits per heavy atom. The molecule has 3 rings (SSSR count). The van der Waals surface area contributed by atoms with Gasteiger partial charge in [-0.05, 0) is 30.0 Å². The molecule has 0 atom stereocenters. The first-order valence-corrected chi connectivity index (χ1v) is 10.2. The minimum absolute atomic E-state index is 0.787. The average molecular weight is 377 g/mol. The normalized spacial score (nSPS) is 15.9. The number of furan rings is 1. The third kappa shape index (κ3) is 6.82. The van der Waals surface area contributed by atoms with E-state index in [2.05, 4.69) is 33.0 Å². The lowest BCUT2D eigenvalue weighted by molar-refractivity contribution is 0.0394. The molecule has 3 heterocycles. The first-order chi connectivity index (χ1) is 12.9. The SMILES string of the molecule is c1coc(CCNC(=NCCN2CCOCC2)NCCc2cccs2)c1. The van der Waals surface area contributed by atoms with Crippen LogP contribution in [0.5, 0.6) is 0 Å². The monoisotopic (exact) mass is 376 g/mol. The molecule has 0 aliphatic carbocycles. The van der Waals surface area contributed by atoms with Crippen LogP contribution >= 0.6 is 11.3 Å². The van der Waals surface area contributed by atoms with Crippen LogP contribution in [0.2, 0.25) is 0 Å². The number of nitrogens with one attached hydrogen (secondary N) is 2. The van der Waals surface area contributed by atoms with Gasteiger partial charge in [0.25, 0.3) is 0 Å². The molecule has 2 aromatic rings. The van der Waals surface area contributed by atoms with Gasteiger partial charge in [-0.1, -0.05) is 6.07 Å². The summed E-state index contributed by atoms with van der Waals surface area (Å²) in [4.78, 5) is 8.53. The molecular weight excluding hydrogens is 348 g/mol. The van der Waals surface area contributed by atoms with Gasteiger partial charge in [0.2, 0.25) is 0 Å². The van der Waals surface area contributed by atoms with Crippen molar-refractivity contribution in [3.8, 4) is 0 Å². The molecule has 1 fully saturated rings. The van der Waals surface area contributed by atoms with Crippen LogP contribution in [0.25, 0.3) is 0 Å². The van der Waals surface area contributed by atoms with Gasteiger partial charge in [0.15, 0.2) is 5.96 Å². The summed E-state index contributed by atoms with van der Waals surface area (Å²) in [5.41, 5.74) is 0. The van der Waals surface area contributed by atoms with Gasteiger partial charge in [0.05, 0.1) is 26.0 Å². The Hall–Kier alpha value is -1.83. The largest absolute Gasteiger partial charge is 0.469 e. The second-order valence-corrected chi connectivity index (χ2v) is 7.23. The maximum atomic E-state index is 5.39. The molecule has 0 radical (unpaired) electrons. The summed E-state index contributed by atoms with van der Waals surface area (Å²) in [6, 6.07) is 8.19. The van der Waals surface area contributed by atoms with Crippen LogP contribution in [-0.2, 0) is 17.6 Å². The molecule has 0 unspecified atom stereocenters. The second-order valence-electron chi connectivity index (χ2n) is 6.20. The standard InChI is InChI=1S/C19H28N4O2S/c1-3-17(25-13-1)5-7-20-19(21-8-6-18-4-2-16-26-18)22-9-10-23-11-14-24-15-12-23/h1-4,13,16H,5-12,14-15H2,(H2,20,21,22). The molecule has 6 nitrogen and oxygen atoms in total. The first-order valence-electron chi connectivity index (χ1n) is 9.27. The molecule has 26 heavy (non-hydrogen) atoms. The fourth-order valence-electron chi connectivity index (χ4n) is 2.82.